The highest BCUT2D eigenvalue weighted by molar-refractivity contribution is 4.78. The van der Waals surface area contributed by atoms with Crippen molar-refractivity contribution in [1.29, 1.82) is 0 Å². The van der Waals surface area contributed by atoms with Crippen LogP contribution in [0.3, 0.4) is 0 Å². The van der Waals surface area contributed by atoms with Crippen molar-refractivity contribution in [3.8, 4) is 0 Å². The van der Waals surface area contributed by atoms with E-state index in [0.29, 0.717) is 5.41 Å². The molecule has 1 nitrogen and oxygen atoms in total. The Hall–Kier alpha value is -0.0400. The summed E-state index contributed by atoms with van der Waals surface area (Å²) in [5, 5.41) is 3.57. The van der Waals surface area contributed by atoms with Gasteiger partial charge in [0.15, 0.2) is 0 Å². The van der Waals surface area contributed by atoms with E-state index < -0.39 is 0 Å². The van der Waals surface area contributed by atoms with E-state index in [9.17, 15) is 0 Å². The summed E-state index contributed by atoms with van der Waals surface area (Å²) in [5.74, 6) is 0.823. The lowest BCUT2D eigenvalue weighted by Gasteiger charge is -2.33. The maximum atomic E-state index is 3.57. The van der Waals surface area contributed by atoms with E-state index in [1.165, 1.54) is 19.3 Å². The van der Waals surface area contributed by atoms with Gasteiger partial charge in [0.05, 0.1) is 0 Å². The van der Waals surface area contributed by atoms with Crippen LogP contribution in [0.25, 0.3) is 0 Å². The molecule has 0 aliphatic heterocycles. The quantitative estimate of drug-likeness (QED) is 0.696. The molecule has 0 spiro atoms. The Balaban J connectivity index is 3.93. The number of hydrogen-bond acceptors (Lipinski definition) is 1. The average molecular weight is 213 g/mol. The topological polar surface area (TPSA) is 12.0 Å². The predicted molar refractivity (Wildman–Crippen MR) is 70.2 cm³/mol. The summed E-state index contributed by atoms with van der Waals surface area (Å²) in [6.07, 6.45) is 3.92. The van der Waals surface area contributed by atoms with Gasteiger partial charge in [0.25, 0.3) is 0 Å². The zero-order valence-corrected chi connectivity index (χ0v) is 11.9. The molecule has 0 heterocycles. The van der Waals surface area contributed by atoms with Crippen molar-refractivity contribution in [3.05, 3.63) is 0 Å². The Bertz CT molecular complexity index is 165. The molecule has 0 aromatic rings. The third-order valence-corrected chi connectivity index (χ3v) is 3.48. The number of rotatable bonds is 6. The Morgan fingerprint density at radius 1 is 1.07 bits per heavy atom. The second-order valence-electron chi connectivity index (χ2n) is 6.61. The van der Waals surface area contributed by atoms with Gasteiger partial charge in [-0.3, -0.25) is 0 Å². The van der Waals surface area contributed by atoms with Crippen LogP contribution in [0, 0.1) is 11.3 Å². The predicted octanol–water partition coefficient (Wildman–Crippen LogP) is 4.23. The molecule has 92 valence electrons. The summed E-state index contributed by atoms with van der Waals surface area (Å²) >= 11 is 0. The van der Waals surface area contributed by atoms with Gasteiger partial charge in [-0.1, -0.05) is 40.5 Å². The van der Waals surface area contributed by atoms with Gasteiger partial charge in [0.2, 0.25) is 0 Å². The SMILES string of the molecule is CCCC(C)C(C)(C)CCNC(C)(C)C. The standard InChI is InChI=1S/C14H31N/c1-8-9-12(2)14(6,7)10-11-15-13(3,4)5/h12,15H,8-11H2,1-7H3. The number of nitrogens with one attached hydrogen (secondary N) is 1. The fourth-order valence-corrected chi connectivity index (χ4v) is 1.83. The fraction of sp³-hybridized carbons (Fsp3) is 1.00. The summed E-state index contributed by atoms with van der Waals surface area (Å²) in [5.41, 5.74) is 0.721. The maximum Gasteiger partial charge on any atom is 0.00965 e. The van der Waals surface area contributed by atoms with Crippen molar-refractivity contribution < 1.29 is 0 Å². The highest BCUT2D eigenvalue weighted by atomic mass is 14.9. The molecule has 0 saturated carbocycles. The summed E-state index contributed by atoms with van der Waals surface area (Å²) in [4.78, 5) is 0. The zero-order chi connectivity index (χ0) is 12.1. The van der Waals surface area contributed by atoms with E-state index in [1.54, 1.807) is 0 Å². The molecule has 1 atom stereocenters. The molecule has 1 N–H and O–H groups in total. The Morgan fingerprint density at radius 2 is 1.60 bits per heavy atom. The molecule has 1 unspecified atom stereocenters. The third kappa shape index (κ3) is 6.94. The van der Waals surface area contributed by atoms with Crippen molar-refractivity contribution in [1.82, 2.24) is 5.32 Å². The van der Waals surface area contributed by atoms with Crippen LogP contribution < -0.4 is 5.32 Å². The van der Waals surface area contributed by atoms with Gasteiger partial charge >= 0.3 is 0 Å². The van der Waals surface area contributed by atoms with Crippen molar-refractivity contribution >= 4 is 0 Å². The first-order chi connectivity index (χ1) is 6.69. The van der Waals surface area contributed by atoms with E-state index >= 15 is 0 Å². The minimum atomic E-state index is 0.254. The fourth-order valence-electron chi connectivity index (χ4n) is 1.83. The first kappa shape index (κ1) is 15.0. The molecule has 15 heavy (non-hydrogen) atoms. The normalized spacial score (nSPS) is 15.4. The zero-order valence-electron chi connectivity index (χ0n) is 11.9. The molecule has 0 aliphatic carbocycles. The van der Waals surface area contributed by atoms with Gasteiger partial charge in [-0.2, -0.15) is 0 Å². The van der Waals surface area contributed by atoms with Gasteiger partial charge in [0, 0.05) is 5.54 Å². The smallest absolute Gasteiger partial charge is 0.00965 e. The molecule has 0 amide bonds. The molecule has 0 saturated heterocycles. The van der Waals surface area contributed by atoms with E-state index in [-0.39, 0.29) is 5.54 Å². The molecule has 0 aliphatic rings. The van der Waals surface area contributed by atoms with E-state index in [2.05, 4.69) is 53.8 Å². The highest BCUT2D eigenvalue weighted by Gasteiger charge is 2.25. The van der Waals surface area contributed by atoms with Crippen LogP contribution in [0.1, 0.15) is 67.7 Å². The number of hydrogen-bond donors (Lipinski definition) is 1. The van der Waals surface area contributed by atoms with E-state index in [1.807, 2.05) is 0 Å². The second-order valence-corrected chi connectivity index (χ2v) is 6.61. The van der Waals surface area contributed by atoms with E-state index in [0.717, 1.165) is 12.5 Å². The van der Waals surface area contributed by atoms with Gasteiger partial charge in [-0.15, -0.1) is 0 Å². The Morgan fingerprint density at radius 3 is 2.00 bits per heavy atom. The van der Waals surface area contributed by atoms with Crippen molar-refractivity contribution in [3.63, 3.8) is 0 Å². The van der Waals surface area contributed by atoms with Crippen molar-refractivity contribution in [2.75, 3.05) is 6.54 Å². The second kappa shape index (κ2) is 5.89. The molecule has 0 rings (SSSR count). The van der Waals surface area contributed by atoms with Crippen LogP contribution in [0.2, 0.25) is 0 Å². The maximum absolute atomic E-state index is 3.57. The van der Waals surface area contributed by atoms with Gasteiger partial charge in [-0.05, 0) is 45.1 Å². The van der Waals surface area contributed by atoms with Crippen LogP contribution in [0.5, 0.6) is 0 Å². The molecule has 0 aromatic carbocycles. The molecular weight excluding hydrogens is 182 g/mol. The van der Waals surface area contributed by atoms with Crippen LogP contribution in [0.4, 0.5) is 0 Å². The monoisotopic (exact) mass is 213 g/mol. The highest BCUT2D eigenvalue weighted by Crippen LogP contribution is 2.33. The minimum absolute atomic E-state index is 0.254. The summed E-state index contributed by atoms with van der Waals surface area (Å²) < 4.78 is 0. The lowest BCUT2D eigenvalue weighted by atomic mass is 9.75. The van der Waals surface area contributed by atoms with Crippen LogP contribution in [-0.2, 0) is 0 Å². The van der Waals surface area contributed by atoms with Crippen molar-refractivity contribution in [2.24, 2.45) is 11.3 Å². The summed E-state index contributed by atoms with van der Waals surface area (Å²) in [6, 6.07) is 0. The molecule has 0 bridgehead atoms. The largest absolute Gasteiger partial charge is 0.312 e. The minimum Gasteiger partial charge on any atom is -0.312 e. The lowest BCUT2D eigenvalue weighted by Crippen LogP contribution is -2.38. The third-order valence-electron chi connectivity index (χ3n) is 3.48. The van der Waals surface area contributed by atoms with E-state index in [4.69, 9.17) is 0 Å². The average Bonchev–Trinajstić information content (AvgIpc) is 2.01. The molecule has 0 radical (unpaired) electrons. The molecular formula is C14H31N. The van der Waals surface area contributed by atoms with Gasteiger partial charge in [-0.25, -0.2) is 0 Å². The van der Waals surface area contributed by atoms with Gasteiger partial charge in [0.1, 0.15) is 0 Å². The Labute approximate surface area is 97.0 Å². The molecule has 0 aromatic heterocycles. The first-order valence-corrected chi connectivity index (χ1v) is 6.44. The Kier molecular flexibility index (Phi) is 5.87. The van der Waals surface area contributed by atoms with Crippen LogP contribution >= 0.6 is 0 Å². The first-order valence-electron chi connectivity index (χ1n) is 6.44. The molecule has 0 fully saturated rings. The van der Waals surface area contributed by atoms with Crippen LogP contribution in [-0.4, -0.2) is 12.1 Å². The molecule has 1 heteroatoms. The van der Waals surface area contributed by atoms with Crippen molar-refractivity contribution in [2.45, 2.75) is 73.3 Å². The summed E-state index contributed by atoms with van der Waals surface area (Å²) in [7, 11) is 0. The lowest BCUT2D eigenvalue weighted by molar-refractivity contribution is 0.191. The van der Waals surface area contributed by atoms with Gasteiger partial charge < -0.3 is 5.32 Å². The van der Waals surface area contributed by atoms with Crippen LogP contribution in [0.15, 0.2) is 0 Å². The summed E-state index contributed by atoms with van der Waals surface area (Å²) in [6.45, 7) is 17.3.